The van der Waals surface area contributed by atoms with E-state index in [1.54, 1.807) is 19.6 Å². The summed E-state index contributed by atoms with van der Waals surface area (Å²) in [6.45, 7) is 2.37. The largest absolute Gasteiger partial charge is 0.481 e. The Morgan fingerprint density at radius 2 is 2.17 bits per heavy atom. The van der Waals surface area contributed by atoms with Gasteiger partial charge in [0.1, 0.15) is 12.1 Å². The molecule has 2 unspecified atom stereocenters. The third-order valence-corrected chi connectivity index (χ3v) is 5.51. The molecule has 1 aliphatic heterocycles. The minimum atomic E-state index is -2.05. The van der Waals surface area contributed by atoms with Crippen LogP contribution in [0.4, 0.5) is 5.82 Å². The van der Waals surface area contributed by atoms with Crippen LogP contribution in [0, 0.1) is 5.92 Å². The lowest BCUT2D eigenvalue weighted by Gasteiger charge is -2.23. The summed E-state index contributed by atoms with van der Waals surface area (Å²) in [6.07, 6.45) is 6.29. The molecule has 0 saturated carbocycles. The smallest absolute Gasteiger partial charge is 0.245 e. The average Bonchev–Trinajstić information content (AvgIpc) is 2.98. The number of ether oxygens (including phenoxy) is 1. The minimum absolute atomic E-state index is 0.411. The molecule has 4 rings (SSSR count). The molecular weight excluding hydrogens is 394 g/mol. The topological polar surface area (TPSA) is 125 Å². The Morgan fingerprint density at radius 1 is 1.28 bits per heavy atom. The van der Waals surface area contributed by atoms with Crippen molar-refractivity contribution in [1.82, 2.24) is 30.2 Å². The molecule has 10 nitrogen and oxygen atoms in total. The van der Waals surface area contributed by atoms with E-state index in [0.29, 0.717) is 24.0 Å². The van der Waals surface area contributed by atoms with Crippen LogP contribution >= 0.6 is 0 Å². The molecule has 1 fully saturated rings. The van der Waals surface area contributed by atoms with Crippen molar-refractivity contribution in [3.05, 3.63) is 24.7 Å². The Balaban J connectivity index is 1.61. The normalized spacial score (nSPS) is 18.7. The van der Waals surface area contributed by atoms with Gasteiger partial charge >= 0.3 is 0 Å². The van der Waals surface area contributed by atoms with Crippen molar-refractivity contribution in [3.63, 3.8) is 0 Å². The van der Waals surface area contributed by atoms with Crippen LogP contribution in [0.25, 0.3) is 21.9 Å². The molecule has 3 aromatic heterocycles. The zero-order valence-corrected chi connectivity index (χ0v) is 16.9. The molecule has 0 spiro atoms. The molecule has 1 aliphatic rings. The van der Waals surface area contributed by atoms with Gasteiger partial charge in [-0.2, -0.15) is 9.82 Å². The van der Waals surface area contributed by atoms with Crippen LogP contribution in [0.5, 0.6) is 5.88 Å². The van der Waals surface area contributed by atoms with Gasteiger partial charge in [-0.15, -0.1) is 0 Å². The first-order valence-corrected chi connectivity index (χ1v) is 10.5. The standard InChI is InChI=1S/C18H23N7O3S/c1-28-15-5-4-13-16-14(10-19-17(13)23-15)20-11-21-18(16)25-7-2-3-12(6-8-25)9-22-24-29(26)27/h4-5,10-12,22,24H,2-3,6-9H2,1H3,(H,26,27). The lowest BCUT2D eigenvalue weighted by molar-refractivity contribution is 0.399. The number of methoxy groups -OCH3 is 1. The highest BCUT2D eigenvalue weighted by Crippen LogP contribution is 2.31. The molecule has 0 radical (unpaired) electrons. The van der Waals surface area contributed by atoms with Crippen molar-refractivity contribution in [3.8, 4) is 5.88 Å². The fourth-order valence-electron chi connectivity index (χ4n) is 3.78. The maximum absolute atomic E-state index is 10.7. The Hall–Kier alpha value is -2.47. The van der Waals surface area contributed by atoms with Crippen LogP contribution < -0.4 is 19.9 Å². The van der Waals surface area contributed by atoms with E-state index >= 15 is 0 Å². The third kappa shape index (κ3) is 4.42. The summed E-state index contributed by atoms with van der Waals surface area (Å²) in [6, 6.07) is 3.77. The second kappa shape index (κ2) is 8.91. The van der Waals surface area contributed by atoms with Gasteiger partial charge in [0.05, 0.1) is 24.2 Å². The van der Waals surface area contributed by atoms with Gasteiger partial charge in [0, 0.05) is 31.1 Å². The van der Waals surface area contributed by atoms with Gasteiger partial charge in [-0.05, 0) is 31.2 Å². The van der Waals surface area contributed by atoms with Crippen molar-refractivity contribution in [1.29, 1.82) is 0 Å². The van der Waals surface area contributed by atoms with Crippen molar-refractivity contribution < 1.29 is 13.5 Å². The zero-order valence-electron chi connectivity index (χ0n) is 16.0. The number of anilines is 1. The van der Waals surface area contributed by atoms with Crippen LogP contribution in [0.2, 0.25) is 0 Å². The van der Waals surface area contributed by atoms with Crippen LogP contribution in [-0.2, 0) is 11.3 Å². The lowest BCUT2D eigenvalue weighted by atomic mass is 10.0. The summed E-state index contributed by atoms with van der Waals surface area (Å²) in [7, 11) is 1.58. The summed E-state index contributed by atoms with van der Waals surface area (Å²) in [5, 5.41) is 1.84. The second-order valence-corrected chi connectivity index (χ2v) is 7.66. The van der Waals surface area contributed by atoms with Gasteiger partial charge in [0.2, 0.25) is 17.1 Å². The summed E-state index contributed by atoms with van der Waals surface area (Å²) in [5.41, 5.74) is 4.22. The fraction of sp³-hybridized carbons (Fsp3) is 0.444. The highest BCUT2D eigenvalue weighted by molar-refractivity contribution is 7.77. The van der Waals surface area contributed by atoms with E-state index in [1.807, 2.05) is 12.1 Å². The van der Waals surface area contributed by atoms with Crippen LogP contribution in [0.3, 0.4) is 0 Å². The van der Waals surface area contributed by atoms with E-state index in [4.69, 9.17) is 9.29 Å². The summed E-state index contributed by atoms with van der Waals surface area (Å²) in [5.74, 6) is 1.82. The summed E-state index contributed by atoms with van der Waals surface area (Å²) < 4.78 is 24.7. The number of fused-ring (bicyclic) bond motifs is 3. The monoisotopic (exact) mass is 417 g/mol. The van der Waals surface area contributed by atoms with E-state index in [1.165, 1.54) is 0 Å². The van der Waals surface area contributed by atoms with E-state index in [0.717, 1.165) is 54.5 Å². The molecular formula is C18H23N7O3S. The molecule has 1 saturated heterocycles. The molecule has 29 heavy (non-hydrogen) atoms. The number of nitrogens with zero attached hydrogens (tertiary/aromatic N) is 5. The fourth-order valence-corrected chi connectivity index (χ4v) is 3.98. The molecule has 0 amide bonds. The molecule has 3 aromatic rings. The number of hydrogen-bond acceptors (Lipinski definition) is 8. The third-order valence-electron chi connectivity index (χ3n) is 5.19. The Labute approximate surface area is 170 Å². The second-order valence-electron chi connectivity index (χ2n) is 6.96. The maximum Gasteiger partial charge on any atom is 0.245 e. The number of hydrogen-bond donors (Lipinski definition) is 3. The molecule has 11 heteroatoms. The molecule has 3 N–H and O–H groups in total. The molecule has 154 valence electrons. The number of nitrogens with one attached hydrogen (secondary N) is 2. The molecule has 0 bridgehead atoms. The highest BCUT2D eigenvalue weighted by atomic mass is 32.2. The summed E-state index contributed by atoms with van der Waals surface area (Å²) in [4.78, 5) is 22.5. The minimum Gasteiger partial charge on any atom is -0.481 e. The maximum atomic E-state index is 10.7. The number of aromatic nitrogens is 4. The first-order valence-electron chi connectivity index (χ1n) is 9.44. The van der Waals surface area contributed by atoms with E-state index in [2.05, 4.69) is 35.1 Å². The lowest BCUT2D eigenvalue weighted by Crippen LogP contribution is -2.37. The zero-order chi connectivity index (χ0) is 20.2. The average molecular weight is 417 g/mol. The molecule has 0 aliphatic carbocycles. The first kappa shape index (κ1) is 19.8. The van der Waals surface area contributed by atoms with E-state index < -0.39 is 11.3 Å². The number of hydrazine groups is 1. The van der Waals surface area contributed by atoms with Crippen LogP contribution in [0.15, 0.2) is 24.7 Å². The predicted molar refractivity (Wildman–Crippen MR) is 111 cm³/mol. The van der Waals surface area contributed by atoms with Crippen molar-refractivity contribution in [2.45, 2.75) is 19.3 Å². The van der Waals surface area contributed by atoms with Gasteiger partial charge in [-0.3, -0.25) is 4.55 Å². The van der Waals surface area contributed by atoms with Gasteiger partial charge in [0.25, 0.3) is 0 Å². The van der Waals surface area contributed by atoms with Crippen molar-refractivity contribution in [2.24, 2.45) is 5.92 Å². The molecule has 2 atom stereocenters. The van der Waals surface area contributed by atoms with E-state index in [-0.39, 0.29) is 0 Å². The van der Waals surface area contributed by atoms with Gasteiger partial charge in [0.15, 0.2) is 5.65 Å². The SMILES string of the molecule is COc1ccc2c(ncc3ncnc(N4CCCC(CNNS(=O)O)CC4)c32)n1. The predicted octanol–water partition coefficient (Wildman–Crippen LogP) is 1.42. The number of pyridine rings is 2. The quantitative estimate of drug-likeness (QED) is 0.310. The molecule has 4 heterocycles. The Morgan fingerprint density at radius 3 is 3.00 bits per heavy atom. The van der Waals surface area contributed by atoms with Gasteiger partial charge in [-0.1, -0.05) is 0 Å². The van der Waals surface area contributed by atoms with Crippen LogP contribution in [-0.4, -0.2) is 55.4 Å². The van der Waals surface area contributed by atoms with Gasteiger partial charge in [-0.25, -0.2) is 24.6 Å². The number of rotatable bonds is 6. The Kier molecular flexibility index (Phi) is 6.09. The summed E-state index contributed by atoms with van der Waals surface area (Å²) >= 11 is -2.05. The first-order chi connectivity index (χ1) is 14.2. The van der Waals surface area contributed by atoms with Crippen molar-refractivity contribution in [2.75, 3.05) is 31.6 Å². The van der Waals surface area contributed by atoms with E-state index in [9.17, 15) is 4.21 Å². The Bertz CT molecular complexity index is 1030. The van der Waals surface area contributed by atoms with Crippen molar-refractivity contribution >= 4 is 39.0 Å². The molecule has 0 aromatic carbocycles. The van der Waals surface area contributed by atoms with Crippen LogP contribution in [0.1, 0.15) is 19.3 Å². The highest BCUT2D eigenvalue weighted by Gasteiger charge is 2.21. The van der Waals surface area contributed by atoms with Gasteiger partial charge < -0.3 is 9.64 Å².